The van der Waals surface area contributed by atoms with E-state index in [1.54, 1.807) is 30.3 Å². The number of fused-ring (bicyclic) bond motifs is 1. The van der Waals surface area contributed by atoms with E-state index in [9.17, 15) is 14.3 Å². The van der Waals surface area contributed by atoms with Crippen molar-refractivity contribution in [1.82, 2.24) is 4.98 Å². The maximum atomic E-state index is 13.0. The molecule has 0 fully saturated rings. The van der Waals surface area contributed by atoms with Crippen molar-refractivity contribution in [3.8, 4) is 5.88 Å². The molecule has 0 bridgehead atoms. The molecule has 2 N–H and O–H groups in total. The number of aromatic nitrogens is 1. The molecule has 1 aliphatic rings. The van der Waals surface area contributed by atoms with Crippen LogP contribution in [0.15, 0.2) is 51.9 Å². The number of thiazole rings is 1. The molecule has 3 aromatic rings. The Kier molecular flexibility index (Phi) is 3.85. The highest BCUT2D eigenvalue weighted by atomic mass is 79.9. The number of carbonyl (C=O) groups excluding carboxylic acids is 1. The molecule has 2 heterocycles. The van der Waals surface area contributed by atoms with Gasteiger partial charge in [0.25, 0.3) is 5.91 Å². The van der Waals surface area contributed by atoms with Crippen molar-refractivity contribution in [2.75, 3.05) is 5.32 Å². The molecule has 0 atom stereocenters. The first-order chi connectivity index (χ1) is 12.0. The molecule has 8 heteroatoms. The highest BCUT2D eigenvalue weighted by Crippen LogP contribution is 2.35. The second-order valence-electron chi connectivity index (χ2n) is 5.26. The standard InChI is InChI=1S/C17H9BrFN3O2S/c18-8-1-6-12-11(7-8)13(15(23)21-12)14-16(24)22-17(25-14)20-10-4-2-9(19)3-5-10/h1-7,24H,(H,20,22). The summed E-state index contributed by atoms with van der Waals surface area (Å²) < 4.78 is 13.8. The van der Waals surface area contributed by atoms with Crippen LogP contribution in [0.25, 0.3) is 5.57 Å². The van der Waals surface area contributed by atoms with Crippen LogP contribution in [0.2, 0.25) is 0 Å². The second-order valence-corrected chi connectivity index (χ2v) is 7.17. The van der Waals surface area contributed by atoms with Crippen LogP contribution >= 0.6 is 27.3 Å². The van der Waals surface area contributed by atoms with Crippen LogP contribution in [0.5, 0.6) is 5.88 Å². The Hall–Kier alpha value is -2.58. The topological polar surface area (TPSA) is 74.6 Å². The van der Waals surface area contributed by atoms with E-state index in [0.29, 0.717) is 31.8 Å². The highest BCUT2D eigenvalue weighted by Gasteiger charge is 2.24. The zero-order valence-electron chi connectivity index (χ0n) is 12.5. The summed E-state index contributed by atoms with van der Waals surface area (Å²) in [5, 5.41) is 14.8. The van der Waals surface area contributed by atoms with Crippen LogP contribution in [0.1, 0.15) is 4.88 Å². The lowest BCUT2D eigenvalue weighted by Gasteiger charge is -2.01. The SMILES string of the molecule is O=C1N=c2ccc(Br)cc2=C1c1sc(Nc2ccc(F)cc2)nc1O. The Morgan fingerprint density at radius 3 is 2.68 bits per heavy atom. The van der Waals surface area contributed by atoms with Gasteiger partial charge in [0.15, 0.2) is 5.13 Å². The average Bonchev–Trinajstić information content (AvgIpc) is 3.08. The quantitative estimate of drug-likeness (QED) is 0.686. The van der Waals surface area contributed by atoms with Crippen LogP contribution < -0.4 is 15.9 Å². The molecule has 1 aromatic heterocycles. The van der Waals surface area contributed by atoms with Crippen LogP contribution in [-0.2, 0) is 4.79 Å². The predicted molar refractivity (Wildman–Crippen MR) is 95.9 cm³/mol. The first-order valence-electron chi connectivity index (χ1n) is 7.17. The summed E-state index contributed by atoms with van der Waals surface area (Å²) in [7, 11) is 0. The molecule has 124 valence electrons. The third kappa shape index (κ3) is 2.94. The zero-order valence-corrected chi connectivity index (χ0v) is 14.9. The zero-order chi connectivity index (χ0) is 17.6. The third-order valence-corrected chi connectivity index (χ3v) is 5.07. The molecule has 1 aliphatic heterocycles. The Morgan fingerprint density at radius 1 is 1.16 bits per heavy atom. The molecule has 2 aromatic carbocycles. The molecule has 0 saturated carbocycles. The van der Waals surface area contributed by atoms with Crippen LogP contribution in [0.3, 0.4) is 0 Å². The largest absolute Gasteiger partial charge is 0.492 e. The highest BCUT2D eigenvalue weighted by molar-refractivity contribution is 9.10. The minimum Gasteiger partial charge on any atom is -0.492 e. The number of hydrogen-bond donors (Lipinski definition) is 2. The number of carbonyl (C=O) groups is 1. The van der Waals surface area contributed by atoms with E-state index in [0.717, 1.165) is 15.8 Å². The van der Waals surface area contributed by atoms with Crippen molar-refractivity contribution >= 4 is 49.6 Å². The van der Waals surface area contributed by atoms with Crippen molar-refractivity contribution in [2.45, 2.75) is 0 Å². The molecule has 0 spiro atoms. The summed E-state index contributed by atoms with van der Waals surface area (Å²) in [5.74, 6) is -1.01. The second kappa shape index (κ2) is 6.05. The number of nitrogens with one attached hydrogen (secondary N) is 1. The van der Waals surface area contributed by atoms with Gasteiger partial charge in [0.2, 0.25) is 5.88 Å². The Balaban J connectivity index is 1.78. The molecular formula is C17H9BrFN3O2S. The summed E-state index contributed by atoms with van der Waals surface area (Å²) in [6, 6.07) is 11.1. The lowest BCUT2D eigenvalue weighted by Crippen LogP contribution is -2.22. The molecule has 0 saturated heterocycles. The molecular weight excluding hydrogens is 409 g/mol. The van der Waals surface area contributed by atoms with E-state index >= 15 is 0 Å². The molecule has 0 aliphatic carbocycles. The maximum absolute atomic E-state index is 13.0. The van der Waals surface area contributed by atoms with Gasteiger partial charge in [0.05, 0.1) is 10.9 Å². The number of rotatable bonds is 3. The summed E-state index contributed by atoms with van der Waals surface area (Å²) in [6.45, 7) is 0. The fraction of sp³-hybridized carbons (Fsp3) is 0. The van der Waals surface area contributed by atoms with Gasteiger partial charge in [-0.25, -0.2) is 9.38 Å². The number of benzene rings is 2. The smallest absolute Gasteiger partial charge is 0.279 e. The van der Waals surface area contributed by atoms with Crippen molar-refractivity contribution in [1.29, 1.82) is 0 Å². The van der Waals surface area contributed by atoms with Crippen molar-refractivity contribution in [3.63, 3.8) is 0 Å². The van der Waals surface area contributed by atoms with Gasteiger partial charge < -0.3 is 10.4 Å². The minimum absolute atomic E-state index is 0.249. The monoisotopic (exact) mass is 417 g/mol. The van der Waals surface area contributed by atoms with Crippen molar-refractivity contribution < 1.29 is 14.3 Å². The van der Waals surface area contributed by atoms with E-state index in [1.165, 1.54) is 12.1 Å². The fourth-order valence-corrected chi connectivity index (χ4v) is 3.78. The van der Waals surface area contributed by atoms with E-state index in [1.807, 2.05) is 0 Å². The number of nitrogens with zero attached hydrogens (tertiary/aromatic N) is 2. The average molecular weight is 418 g/mol. The molecule has 25 heavy (non-hydrogen) atoms. The summed E-state index contributed by atoms with van der Waals surface area (Å²) in [6.07, 6.45) is 0. The van der Waals surface area contributed by atoms with Crippen molar-refractivity contribution in [2.24, 2.45) is 4.99 Å². The third-order valence-electron chi connectivity index (χ3n) is 3.60. The Labute approximate surface area is 153 Å². The van der Waals surface area contributed by atoms with Gasteiger partial charge in [0.1, 0.15) is 10.7 Å². The lowest BCUT2D eigenvalue weighted by molar-refractivity contribution is -0.112. The molecule has 0 radical (unpaired) electrons. The van der Waals surface area contributed by atoms with Gasteiger partial charge in [-0.2, -0.15) is 4.98 Å². The van der Waals surface area contributed by atoms with E-state index in [4.69, 9.17) is 0 Å². The van der Waals surface area contributed by atoms with E-state index < -0.39 is 5.91 Å². The number of anilines is 2. The molecule has 0 unspecified atom stereocenters. The van der Waals surface area contributed by atoms with Crippen LogP contribution in [-0.4, -0.2) is 16.0 Å². The Bertz CT molecular complexity index is 1130. The minimum atomic E-state index is -0.416. The maximum Gasteiger partial charge on any atom is 0.279 e. The lowest BCUT2D eigenvalue weighted by atomic mass is 10.1. The summed E-state index contributed by atoms with van der Waals surface area (Å²) in [5.41, 5.74) is 0.940. The molecule has 5 nitrogen and oxygen atoms in total. The van der Waals surface area contributed by atoms with E-state index in [2.05, 4.69) is 31.2 Å². The number of hydrogen-bond acceptors (Lipinski definition) is 5. The number of halogens is 2. The van der Waals surface area contributed by atoms with Gasteiger partial charge >= 0.3 is 0 Å². The first kappa shape index (κ1) is 15.9. The molecule has 4 rings (SSSR count). The normalized spacial score (nSPS) is 12.9. The Morgan fingerprint density at radius 2 is 1.92 bits per heavy atom. The summed E-state index contributed by atoms with van der Waals surface area (Å²) in [4.78, 5) is 20.7. The van der Waals surface area contributed by atoms with Crippen LogP contribution in [0, 0.1) is 5.82 Å². The van der Waals surface area contributed by atoms with Gasteiger partial charge in [0, 0.05) is 15.4 Å². The molecule has 1 amide bonds. The van der Waals surface area contributed by atoms with Crippen molar-refractivity contribution in [3.05, 3.63) is 68.2 Å². The first-order valence-corrected chi connectivity index (χ1v) is 8.78. The summed E-state index contributed by atoms with van der Waals surface area (Å²) >= 11 is 4.50. The van der Waals surface area contributed by atoms with Crippen LogP contribution in [0.4, 0.5) is 15.2 Å². The number of aromatic hydroxyl groups is 1. The predicted octanol–water partition coefficient (Wildman–Crippen LogP) is 2.85. The number of amides is 1. The van der Waals surface area contributed by atoms with Gasteiger partial charge in [-0.05, 0) is 42.5 Å². The van der Waals surface area contributed by atoms with Gasteiger partial charge in [-0.3, -0.25) is 4.79 Å². The van der Waals surface area contributed by atoms with Gasteiger partial charge in [-0.15, -0.1) is 0 Å². The van der Waals surface area contributed by atoms with Gasteiger partial charge in [-0.1, -0.05) is 27.3 Å². The fourth-order valence-electron chi connectivity index (χ4n) is 2.49. The van der Waals surface area contributed by atoms with E-state index in [-0.39, 0.29) is 11.7 Å².